The van der Waals surface area contributed by atoms with Gasteiger partial charge in [0.15, 0.2) is 5.69 Å². The second-order valence-electron chi connectivity index (χ2n) is 7.90. The molecule has 0 saturated carbocycles. The number of aromatic nitrogens is 3. The van der Waals surface area contributed by atoms with Gasteiger partial charge >= 0.3 is 0 Å². The number of piperidine rings is 1. The molecule has 0 unspecified atom stereocenters. The molecule has 1 aromatic heterocycles. The van der Waals surface area contributed by atoms with Crippen LogP contribution in [0.4, 0.5) is 0 Å². The first-order chi connectivity index (χ1) is 14.2. The number of nitrogens with zero attached hydrogens (tertiary/aromatic N) is 5. The Morgan fingerprint density at radius 2 is 1.86 bits per heavy atom. The highest BCUT2D eigenvalue weighted by Crippen LogP contribution is 2.23. The Morgan fingerprint density at radius 3 is 2.59 bits per heavy atom. The lowest BCUT2D eigenvalue weighted by molar-refractivity contribution is 0.0299. The average molecular weight is 396 g/mol. The van der Waals surface area contributed by atoms with E-state index in [0.717, 1.165) is 32.5 Å². The molecule has 0 aliphatic carbocycles. The Bertz CT molecular complexity index is 834. The number of benzene rings is 1. The van der Waals surface area contributed by atoms with E-state index in [-0.39, 0.29) is 5.91 Å². The van der Waals surface area contributed by atoms with Crippen LogP contribution < -0.4 is 0 Å². The van der Waals surface area contributed by atoms with Crippen LogP contribution in [0.5, 0.6) is 0 Å². The molecule has 0 radical (unpaired) electrons. The fraction of sp³-hybridized carbons (Fsp3) is 0.500. The van der Waals surface area contributed by atoms with Crippen LogP contribution in [0.3, 0.4) is 0 Å². The topological polar surface area (TPSA) is 63.5 Å². The van der Waals surface area contributed by atoms with Gasteiger partial charge in [0, 0.05) is 32.7 Å². The third kappa shape index (κ3) is 5.10. The molecule has 1 amide bonds. The number of hydrogen-bond acceptors (Lipinski definition) is 5. The maximum absolute atomic E-state index is 12.6. The summed E-state index contributed by atoms with van der Waals surface area (Å²) < 4.78 is 7.20. The maximum Gasteiger partial charge on any atom is 0.276 e. The van der Waals surface area contributed by atoms with Gasteiger partial charge in [-0.3, -0.25) is 9.69 Å². The monoisotopic (exact) mass is 395 g/mol. The van der Waals surface area contributed by atoms with E-state index < -0.39 is 0 Å². The Labute approximate surface area is 171 Å². The van der Waals surface area contributed by atoms with E-state index in [0.29, 0.717) is 38.0 Å². The van der Waals surface area contributed by atoms with Gasteiger partial charge in [-0.2, -0.15) is 0 Å². The molecule has 2 saturated heterocycles. The predicted octanol–water partition coefficient (Wildman–Crippen LogP) is 2.49. The molecule has 3 heterocycles. The molecule has 154 valence electrons. The molecule has 2 aromatic rings. The summed E-state index contributed by atoms with van der Waals surface area (Å²) in [6, 6.07) is 10.8. The maximum atomic E-state index is 12.6. The van der Waals surface area contributed by atoms with Gasteiger partial charge in [0.05, 0.1) is 25.5 Å². The number of morpholine rings is 1. The van der Waals surface area contributed by atoms with E-state index in [9.17, 15) is 4.79 Å². The molecule has 4 rings (SSSR count). The van der Waals surface area contributed by atoms with E-state index in [2.05, 4.69) is 52.5 Å². The Balaban J connectivity index is 1.29. The van der Waals surface area contributed by atoms with Crippen molar-refractivity contribution in [1.29, 1.82) is 0 Å². The van der Waals surface area contributed by atoms with Crippen molar-refractivity contribution in [1.82, 2.24) is 24.8 Å². The number of carbonyl (C=O) groups is 1. The van der Waals surface area contributed by atoms with Crippen molar-refractivity contribution in [3.05, 3.63) is 53.4 Å². The lowest BCUT2D eigenvalue weighted by Crippen LogP contribution is -2.40. The fourth-order valence-electron chi connectivity index (χ4n) is 4.06. The van der Waals surface area contributed by atoms with Crippen molar-refractivity contribution >= 4 is 12.0 Å². The summed E-state index contributed by atoms with van der Waals surface area (Å²) in [6.07, 6.45) is 6.12. The van der Waals surface area contributed by atoms with Crippen LogP contribution in [0.1, 0.15) is 41.9 Å². The van der Waals surface area contributed by atoms with Crippen LogP contribution in [-0.2, 0) is 4.74 Å². The summed E-state index contributed by atoms with van der Waals surface area (Å²) in [5, 5.41) is 8.39. The first-order valence-electron chi connectivity index (χ1n) is 10.4. The van der Waals surface area contributed by atoms with E-state index in [1.807, 2.05) is 16.9 Å². The highest BCUT2D eigenvalue weighted by molar-refractivity contribution is 5.92. The quantitative estimate of drug-likeness (QED) is 0.778. The summed E-state index contributed by atoms with van der Waals surface area (Å²) in [5.41, 5.74) is 3.06. The molecule has 0 N–H and O–H groups in total. The van der Waals surface area contributed by atoms with Crippen molar-refractivity contribution in [2.45, 2.75) is 25.8 Å². The number of amides is 1. The number of carbonyl (C=O) groups excluding carboxylic acids is 1. The Morgan fingerprint density at radius 1 is 1.14 bits per heavy atom. The molecular formula is C22H29N5O2. The van der Waals surface area contributed by atoms with E-state index in [1.165, 1.54) is 11.1 Å². The zero-order valence-electron chi connectivity index (χ0n) is 17.0. The predicted molar refractivity (Wildman–Crippen MR) is 112 cm³/mol. The van der Waals surface area contributed by atoms with Crippen LogP contribution in [0.2, 0.25) is 0 Å². The van der Waals surface area contributed by atoms with Gasteiger partial charge in [0.1, 0.15) is 0 Å². The van der Waals surface area contributed by atoms with E-state index in [1.54, 1.807) is 4.90 Å². The summed E-state index contributed by atoms with van der Waals surface area (Å²) in [4.78, 5) is 16.8. The minimum Gasteiger partial charge on any atom is -0.378 e. The smallest absolute Gasteiger partial charge is 0.276 e. The average Bonchev–Trinajstić information content (AvgIpc) is 3.25. The Hall–Kier alpha value is -2.51. The molecule has 1 aromatic carbocycles. The number of rotatable bonds is 5. The van der Waals surface area contributed by atoms with Crippen LogP contribution in [0.25, 0.3) is 6.08 Å². The van der Waals surface area contributed by atoms with Crippen LogP contribution >= 0.6 is 0 Å². The minimum absolute atomic E-state index is 0.0429. The normalized spacial score (nSPS) is 19.5. The van der Waals surface area contributed by atoms with Gasteiger partial charge in [-0.25, -0.2) is 4.68 Å². The highest BCUT2D eigenvalue weighted by atomic mass is 16.5. The van der Waals surface area contributed by atoms with Gasteiger partial charge < -0.3 is 9.64 Å². The third-order valence-electron chi connectivity index (χ3n) is 5.64. The largest absolute Gasteiger partial charge is 0.378 e. The summed E-state index contributed by atoms with van der Waals surface area (Å²) in [6.45, 7) is 7.67. The van der Waals surface area contributed by atoms with E-state index in [4.69, 9.17) is 4.74 Å². The zero-order valence-corrected chi connectivity index (χ0v) is 17.0. The van der Waals surface area contributed by atoms with Gasteiger partial charge in [-0.1, -0.05) is 47.2 Å². The van der Waals surface area contributed by atoms with Gasteiger partial charge in [0.2, 0.25) is 0 Å². The molecule has 2 fully saturated rings. The lowest BCUT2D eigenvalue weighted by Gasteiger charge is -2.32. The first-order valence-corrected chi connectivity index (χ1v) is 10.4. The molecule has 0 bridgehead atoms. The fourth-order valence-corrected chi connectivity index (χ4v) is 4.06. The molecule has 7 heteroatoms. The molecule has 0 atom stereocenters. The molecular weight excluding hydrogens is 366 g/mol. The second-order valence-corrected chi connectivity index (χ2v) is 7.90. The summed E-state index contributed by atoms with van der Waals surface area (Å²) in [5.74, 6) is -0.0429. The zero-order chi connectivity index (χ0) is 20.1. The van der Waals surface area contributed by atoms with Gasteiger partial charge in [0.25, 0.3) is 5.91 Å². The van der Waals surface area contributed by atoms with E-state index >= 15 is 0 Å². The standard InChI is InChI=1S/C22H29N5O2/c1-18(15-19-5-3-2-4-6-19)16-25-9-7-20(8-10-25)27-17-21(23-24-27)22(28)26-11-13-29-14-12-26/h2-6,15,17,20H,7-14,16H2,1H3/b18-15+. The number of likely N-dealkylation sites (tertiary alicyclic amines) is 1. The van der Waals surface area contributed by atoms with Crippen LogP contribution in [0.15, 0.2) is 42.1 Å². The van der Waals surface area contributed by atoms with Crippen molar-refractivity contribution in [3.63, 3.8) is 0 Å². The molecule has 29 heavy (non-hydrogen) atoms. The SMILES string of the molecule is C/C(=C\c1ccccc1)CN1CCC(n2cc(C(=O)N3CCOCC3)nn2)CC1. The number of ether oxygens (including phenoxy) is 1. The first kappa shape index (κ1) is 19.8. The summed E-state index contributed by atoms with van der Waals surface area (Å²) in [7, 11) is 0. The van der Waals surface area contributed by atoms with Crippen molar-refractivity contribution in [2.75, 3.05) is 45.9 Å². The van der Waals surface area contributed by atoms with Crippen molar-refractivity contribution < 1.29 is 9.53 Å². The second kappa shape index (κ2) is 9.33. The van der Waals surface area contributed by atoms with Crippen LogP contribution in [0, 0.1) is 0 Å². The highest BCUT2D eigenvalue weighted by Gasteiger charge is 2.25. The lowest BCUT2D eigenvalue weighted by atomic mass is 10.0. The Kier molecular flexibility index (Phi) is 6.36. The van der Waals surface area contributed by atoms with Crippen molar-refractivity contribution in [2.24, 2.45) is 0 Å². The van der Waals surface area contributed by atoms with Gasteiger partial charge in [-0.15, -0.1) is 5.10 Å². The molecule has 0 spiro atoms. The molecule has 7 nitrogen and oxygen atoms in total. The molecule has 2 aliphatic heterocycles. The van der Waals surface area contributed by atoms with Gasteiger partial charge in [-0.05, 0) is 25.3 Å². The minimum atomic E-state index is -0.0429. The number of hydrogen-bond donors (Lipinski definition) is 0. The molecule has 2 aliphatic rings. The van der Waals surface area contributed by atoms with Crippen LogP contribution in [-0.4, -0.2) is 76.6 Å². The van der Waals surface area contributed by atoms with Crippen molar-refractivity contribution in [3.8, 4) is 0 Å². The summed E-state index contributed by atoms with van der Waals surface area (Å²) >= 11 is 0. The third-order valence-corrected chi connectivity index (χ3v) is 5.64.